The van der Waals surface area contributed by atoms with E-state index in [2.05, 4.69) is 6.07 Å². The van der Waals surface area contributed by atoms with Crippen molar-refractivity contribution in [3.8, 4) is 11.8 Å². The monoisotopic (exact) mass is 255 g/mol. The first-order valence-electron chi connectivity index (χ1n) is 5.55. The van der Waals surface area contributed by atoms with Gasteiger partial charge in [-0.25, -0.2) is 0 Å². The van der Waals surface area contributed by atoms with Crippen LogP contribution in [0, 0.1) is 18.3 Å². The maximum Gasteiger partial charge on any atom is 0.118 e. The van der Waals surface area contributed by atoms with E-state index in [1.165, 1.54) is 0 Å². The lowest BCUT2D eigenvalue weighted by Crippen LogP contribution is -1.84. The molecule has 0 unspecified atom stereocenters. The lowest BCUT2D eigenvalue weighted by molar-refractivity contribution is 0.414. The first-order chi connectivity index (χ1) is 8.72. The zero-order valence-corrected chi connectivity index (χ0v) is 11.1. The lowest BCUT2D eigenvalue weighted by atomic mass is 10.2. The second-order valence-electron chi connectivity index (χ2n) is 3.89. The van der Waals surface area contributed by atoms with Gasteiger partial charge in [0.15, 0.2) is 0 Å². The quantitative estimate of drug-likeness (QED) is 0.830. The molecule has 2 aromatic rings. The molecule has 0 fully saturated rings. The largest absolute Gasteiger partial charge is 0.497 e. The minimum absolute atomic E-state index is 0.718. The van der Waals surface area contributed by atoms with Gasteiger partial charge in [0.25, 0.3) is 0 Å². The topological polar surface area (TPSA) is 33.0 Å². The Morgan fingerprint density at radius 1 is 1.11 bits per heavy atom. The summed E-state index contributed by atoms with van der Waals surface area (Å²) < 4.78 is 5.12. The number of aryl methyl sites for hydroxylation is 1. The molecule has 2 rings (SSSR count). The number of hydrogen-bond donors (Lipinski definition) is 0. The van der Waals surface area contributed by atoms with Crippen LogP contribution in [-0.2, 0) is 0 Å². The number of hydrogen-bond acceptors (Lipinski definition) is 3. The highest BCUT2D eigenvalue weighted by molar-refractivity contribution is 7.99. The average molecular weight is 255 g/mol. The Kier molecular flexibility index (Phi) is 3.91. The van der Waals surface area contributed by atoms with Crippen molar-refractivity contribution >= 4 is 11.8 Å². The number of ether oxygens (including phenoxy) is 1. The number of benzene rings is 2. The van der Waals surface area contributed by atoms with Crippen LogP contribution in [-0.4, -0.2) is 7.11 Å². The van der Waals surface area contributed by atoms with E-state index in [9.17, 15) is 0 Å². The molecule has 3 heteroatoms. The van der Waals surface area contributed by atoms with E-state index in [0.717, 1.165) is 26.7 Å². The third-order valence-corrected chi connectivity index (χ3v) is 3.63. The summed E-state index contributed by atoms with van der Waals surface area (Å²) in [5, 5.41) is 9.12. The van der Waals surface area contributed by atoms with E-state index in [-0.39, 0.29) is 0 Å². The average Bonchev–Trinajstić information content (AvgIpc) is 2.41. The number of nitriles is 1. The van der Waals surface area contributed by atoms with Gasteiger partial charge in [-0.05, 0) is 48.9 Å². The first-order valence-corrected chi connectivity index (χ1v) is 6.37. The molecular weight excluding hydrogens is 242 g/mol. The van der Waals surface area contributed by atoms with E-state index < -0.39 is 0 Å². The normalized spacial score (nSPS) is 9.83. The predicted octanol–water partition coefficient (Wildman–Crippen LogP) is 4.03. The van der Waals surface area contributed by atoms with Crippen molar-refractivity contribution in [1.82, 2.24) is 0 Å². The Morgan fingerprint density at radius 2 is 1.83 bits per heavy atom. The van der Waals surface area contributed by atoms with Gasteiger partial charge in [0, 0.05) is 9.79 Å². The minimum atomic E-state index is 0.718. The molecule has 2 aromatic carbocycles. The molecule has 0 aromatic heterocycles. The summed E-state index contributed by atoms with van der Waals surface area (Å²) >= 11 is 1.59. The van der Waals surface area contributed by atoms with Crippen molar-refractivity contribution in [3.05, 3.63) is 53.6 Å². The second-order valence-corrected chi connectivity index (χ2v) is 5.00. The molecule has 0 N–H and O–H groups in total. The molecule has 0 aliphatic carbocycles. The summed E-state index contributed by atoms with van der Waals surface area (Å²) in [4.78, 5) is 2.07. The van der Waals surface area contributed by atoms with Gasteiger partial charge in [-0.2, -0.15) is 5.26 Å². The van der Waals surface area contributed by atoms with Gasteiger partial charge in [-0.15, -0.1) is 0 Å². The predicted molar refractivity (Wildman–Crippen MR) is 73.0 cm³/mol. The summed E-state index contributed by atoms with van der Waals surface area (Å²) in [5.74, 6) is 0.837. The molecule has 0 saturated heterocycles. The lowest BCUT2D eigenvalue weighted by Gasteiger charge is -2.06. The van der Waals surface area contributed by atoms with Crippen molar-refractivity contribution in [2.45, 2.75) is 16.7 Å². The van der Waals surface area contributed by atoms with Crippen molar-refractivity contribution < 1.29 is 4.74 Å². The molecule has 0 amide bonds. The van der Waals surface area contributed by atoms with Gasteiger partial charge < -0.3 is 4.74 Å². The van der Waals surface area contributed by atoms with Crippen LogP contribution in [0.25, 0.3) is 0 Å². The molecule has 0 saturated carbocycles. The molecule has 2 nitrogen and oxygen atoms in total. The Balaban J connectivity index is 2.25. The van der Waals surface area contributed by atoms with Gasteiger partial charge in [0.2, 0.25) is 0 Å². The number of methoxy groups -OCH3 is 1. The number of rotatable bonds is 3. The van der Waals surface area contributed by atoms with Crippen LogP contribution < -0.4 is 4.74 Å². The highest BCUT2D eigenvalue weighted by Gasteiger charge is 2.04. The third-order valence-electron chi connectivity index (χ3n) is 2.54. The molecule has 0 bridgehead atoms. The van der Waals surface area contributed by atoms with Crippen LogP contribution in [0.15, 0.2) is 52.3 Å². The van der Waals surface area contributed by atoms with E-state index in [0.29, 0.717) is 0 Å². The van der Waals surface area contributed by atoms with Crippen LogP contribution in [0.1, 0.15) is 11.1 Å². The van der Waals surface area contributed by atoms with Crippen molar-refractivity contribution in [1.29, 1.82) is 5.26 Å². The Morgan fingerprint density at radius 3 is 2.44 bits per heavy atom. The fraction of sp³-hybridized carbons (Fsp3) is 0.133. The zero-order chi connectivity index (χ0) is 13.0. The second kappa shape index (κ2) is 5.61. The molecule has 18 heavy (non-hydrogen) atoms. The minimum Gasteiger partial charge on any atom is -0.497 e. The van der Waals surface area contributed by atoms with E-state index in [1.54, 1.807) is 18.9 Å². The van der Waals surface area contributed by atoms with E-state index in [1.807, 2.05) is 49.4 Å². The van der Waals surface area contributed by atoms with Gasteiger partial charge >= 0.3 is 0 Å². The molecule has 0 aliphatic rings. The standard InChI is InChI=1S/C15H13NOS/c1-11-3-8-15(12(9-11)10-16)18-14-6-4-13(17-2)5-7-14/h3-9H,1-2H3. The summed E-state index contributed by atoms with van der Waals surface area (Å²) in [6, 6.07) is 16.0. The van der Waals surface area contributed by atoms with Crippen LogP contribution >= 0.6 is 11.8 Å². The summed E-state index contributed by atoms with van der Waals surface area (Å²) in [6.07, 6.45) is 0. The molecule has 0 heterocycles. The Bertz CT molecular complexity index is 584. The molecular formula is C15H13NOS. The SMILES string of the molecule is COc1ccc(Sc2ccc(C)cc2C#N)cc1. The summed E-state index contributed by atoms with van der Waals surface area (Å²) in [6.45, 7) is 1.99. The van der Waals surface area contributed by atoms with Crippen LogP contribution in [0.2, 0.25) is 0 Å². The maximum atomic E-state index is 9.12. The van der Waals surface area contributed by atoms with Crippen molar-refractivity contribution in [2.75, 3.05) is 7.11 Å². The fourth-order valence-electron chi connectivity index (χ4n) is 1.59. The molecule has 0 spiro atoms. The maximum absolute atomic E-state index is 9.12. The highest BCUT2D eigenvalue weighted by Crippen LogP contribution is 2.31. The Labute approximate surface area is 111 Å². The van der Waals surface area contributed by atoms with Crippen molar-refractivity contribution in [3.63, 3.8) is 0 Å². The van der Waals surface area contributed by atoms with Gasteiger partial charge in [0.1, 0.15) is 11.8 Å². The van der Waals surface area contributed by atoms with Gasteiger partial charge in [-0.3, -0.25) is 0 Å². The fourth-order valence-corrected chi connectivity index (χ4v) is 2.47. The Hall–Kier alpha value is -1.92. The van der Waals surface area contributed by atoms with Gasteiger partial charge in [-0.1, -0.05) is 17.8 Å². The van der Waals surface area contributed by atoms with E-state index >= 15 is 0 Å². The summed E-state index contributed by atoms with van der Waals surface area (Å²) in [5.41, 5.74) is 1.82. The molecule has 90 valence electrons. The third kappa shape index (κ3) is 2.85. The van der Waals surface area contributed by atoms with Gasteiger partial charge in [0.05, 0.1) is 12.7 Å². The molecule has 0 aliphatic heterocycles. The van der Waals surface area contributed by atoms with Crippen molar-refractivity contribution in [2.24, 2.45) is 0 Å². The van der Waals surface area contributed by atoms with Crippen LogP contribution in [0.4, 0.5) is 0 Å². The highest BCUT2D eigenvalue weighted by atomic mass is 32.2. The molecule has 0 radical (unpaired) electrons. The van der Waals surface area contributed by atoms with E-state index in [4.69, 9.17) is 10.00 Å². The summed E-state index contributed by atoms with van der Waals surface area (Å²) in [7, 11) is 1.65. The van der Waals surface area contributed by atoms with Crippen LogP contribution in [0.3, 0.4) is 0 Å². The number of nitrogens with zero attached hydrogens (tertiary/aromatic N) is 1. The smallest absolute Gasteiger partial charge is 0.118 e. The first kappa shape index (κ1) is 12.5. The zero-order valence-electron chi connectivity index (χ0n) is 10.3. The molecule has 0 atom stereocenters. The van der Waals surface area contributed by atoms with Crippen LogP contribution in [0.5, 0.6) is 5.75 Å².